The van der Waals surface area contributed by atoms with Gasteiger partial charge in [0.2, 0.25) is 5.28 Å². The summed E-state index contributed by atoms with van der Waals surface area (Å²) >= 11 is 0. The molecule has 18 heavy (non-hydrogen) atoms. The molecule has 1 aliphatic heterocycles. The van der Waals surface area contributed by atoms with E-state index in [9.17, 15) is 5.21 Å². The quantitative estimate of drug-likeness (QED) is 0.440. The van der Waals surface area contributed by atoms with Crippen LogP contribution in [0, 0.1) is 5.21 Å². The number of hydrogen-bond donors (Lipinski definition) is 0. The molecule has 0 spiro atoms. The van der Waals surface area contributed by atoms with Gasteiger partial charge in [0, 0.05) is 13.1 Å². The molecule has 0 bridgehead atoms. The summed E-state index contributed by atoms with van der Waals surface area (Å²) in [6, 6.07) is 0. The van der Waals surface area contributed by atoms with Crippen molar-refractivity contribution >= 4 is 0 Å². The second-order valence-corrected chi connectivity index (χ2v) is 5.83. The van der Waals surface area contributed by atoms with E-state index in [4.69, 9.17) is 4.84 Å². The molecule has 0 aromatic rings. The largest absolute Gasteiger partial charge is 0.569 e. The van der Waals surface area contributed by atoms with Crippen molar-refractivity contribution in [2.45, 2.75) is 52.2 Å². The first-order chi connectivity index (χ1) is 8.34. The Hall–Kier alpha value is -1.04. The Labute approximate surface area is 110 Å². The zero-order valence-electron chi connectivity index (χ0n) is 12.2. The van der Waals surface area contributed by atoms with Crippen LogP contribution in [0.2, 0.25) is 0 Å². The summed E-state index contributed by atoms with van der Waals surface area (Å²) < 4.78 is 0. The van der Waals surface area contributed by atoms with Crippen LogP contribution in [0.25, 0.3) is 0 Å². The van der Waals surface area contributed by atoms with Crippen molar-refractivity contribution in [1.29, 1.82) is 0 Å². The normalized spacial score (nSPS) is 19.9. The lowest BCUT2D eigenvalue weighted by Crippen LogP contribution is -2.45. The van der Waals surface area contributed by atoms with Crippen LogP contribution in [-0.4, -0.2) is 53.2 Å². The molecule has 1 heterocycles. The molecule has 1 saturated heterocycles. The first-order valence-electron chi connectivity index (χ1n) is 6.64. The molecule has 0 amide bonds. The minimum Gasteiger partial charge on any atom is -0.569 e. The molecule has 0 aromatic heterocycles. The molecular weight excluding hydrogens is 232 g/mol. The van der Waals surface area contributed by atoms with E-state index in [1.54, 1.807) is 5.01 Å². The zero-order valence-corrected chi connectivity index (χ0v) is 12.2. The highest BCUT2D eigenvalue weighted by Crippen LogP contribution is 2.15. The van der Waals surface area contributed by atoms with Crippen molar-refractivity contribution in [1.82, 2.24) is 9.91 Å². The maximum atomic E-state index is 11.9. The van der Waals surface area contributed by atoms with Crippen molar-refractivity contribution in [3.8, 4) is 0 Å². The van der Waals surface area contributed by atoms with Crippen molar-refractivity contribution in [3.63, 3.8) is 0 Å². The van der Waals surface area contributed by atoms with Crippen LogP contribution in [0.1, 0.15) is 40.5 Å². The van der Waals surface area contributed by atoms with Crippen LogP contribution in [0.5, 0.6) is 0 Å². The monoisotopic (exact) mass is 258 g/mol. The van der Waals surface area contributed by atoms with Gasteiger partial charge in [-0.15, -0.1) is 5.01 Å². The summed E-state index contributed by atoms with van der Waals surface area (Å²) in [4.78, 5) is 8.18. The third-order valence-electron chi connectivity index (χ3n) is 3.21. The van der Waals surface area contributed by atoms with Gasteiger partial charge < -0.3 is 14.9 Å². The highest BCUT2D eigenvalue weighted by Gasteiger charge is 2.27. The van der Waals surface area contributed by atoms with Crippen molar-refractivity contribution < 1.29 is 9.81 Å². The molecule has 106 valence electrons. The first-order valence-corrected chi connectivity index (χ1v) is 6.64. The maximum Gasteiger partial charge on any atom is 0.233 e. The highest BCUT2D eigenvalue weighted by atomic mass is 16.7. The summed E-state index contributed by atoms with van der Waals surface area (Å²) in [6.45, 7) is 10.5. The lowest BCUT2D eigenvalue weighted by molar-refractivity contribution is -0.725. The zero-order chi connectivity index (χ0) is 13.8. The summed E-state index contributed by atoms with van der Waals surface area (Å²) in [5, 5.41) is 17.2. The van der Waals surface area contributed by atoms with E-state index in [2.05, 4.69) is 17.2 Å². The molecule has 1 rings (SSSR count). The molecule has 0 radical (unpaired) electrons. The second-order valence-electron chi connectivity index (χ2n) is 5.83. The van der Waals surface area contributed by atoms with E-state index in [1.807, 2.05) is 27.7 Å². The Morgan fingerprint density at radius 3 is 2.39 bits per heavy atom. The van der Waals surface area contributed by atoms with Crippen LogP contribution < -0.4 is 0 Å². The third kappa shape index (κ3) is 4.33. The molecule has 6 heteroatoms. The van der Waals surface area contributed by atoms with Gasteiger partial charge in [-0.1, -0.05) is 0 Å². The average Bonchev–Trinajstić information content (AvgIpc) is 2.27. The lowest BCUT2D eigenvalue weighted by Gasteiger charge is -2.30. The molecule has 1 fully saturated rings. The molecule has 0 N–H and O–H groups in total. The van der Waals surface area contributed by atoms with Gasteiger partial charge in [-0.25, -0.2) is 0 Å². The predicted octanol–water partition coefficient (Wildman–Crippen LogP) is 2.01. The number of rotatable bonds is 4. The number of piperidine rings is 1. The summed E-state index contributed by atoms with van der Waals surface area (Å²) in [5.41, 5.74) is -0.254. The standard InChI is InChI=1S/C12H26N4O2/c1-6-15(12(2,3)4)16(17)13-18-11-7-9-14(5)10-8-11/h11H,6-10H2,1-5H3/b16-13+. The molecule has 0 unspecified atom stereocenters. The van der Waals surface area contributed by atoms with Gasteiger partial charge in [-0.3, -0.25) is 0 Å². The lowest BCUT2D eigenvalue weighted by atomic mass is 10.1. The van der Waals surface area contributed by atoms with Gasteiger partial charge in [-0.05, 0) is 47.6 Å². The predicted molar refractivity (Wildman–Crippen MR) is 69.8 cm³/mol. The van der Waals surface area contributed by atoms with Gasteiger partial charge in [0.05, 0.1) is 17.1 Å². The molecule has 0 atom stereocenters. The molecule has 6 nitrogen and oxygen atoms in total. The molecular formula is C12H26N4O2. The van der Waals surface area contributed by atoms with E-state index in [0.717, 1.165) is 25.9 Å². The van der Waals surface area contributed by atoms with Crippen LogP contribution in [0.3, 0.4) is 0 Å². The van der Waals surface area contributed by atoms with E-state index in [-0.39, 0.29) is 11.6 Å². The second kappa shape index (κ2) is 6.22. The Kier molecular flexibility index (Phi) is 5.19. The van der Waals surface area contributed by atoms with Gasteiger partial charge in [0.25, 0.3) is 0 Å². The maximum absolute atomic E-state index is 11.9. The number of likely N-dealkylation sites (tertiary alicyclic amines) is 1. The molecule has 0 saturated carbocycles. The minimum atomic E-state index is -0.254. The third-order valence-corrected chi connectivity index (χ3v) is 3.21. The van der Waals surface area contributed by atoms with Crippen molar-refractivity contribution in [2.24, 2.45) is 5.28 Å². The van der Waals surface area contributed by atoms with Gasteiger partial charge in [-0.2, -0.15) is 0 Å². The smallest absolute Gasteiger partial charge is 0.233 e. The first kappa shape index (κ1) is 15.0. The van der Waals surface area contributed by atoms with Crippen LogP contribution in [0.4, 0.5) is 0 Å². The SMILES string of the molecule is CCN(/[N+]([O-])=N\OC1CCN(C)CC1)C(C)(C)C. The van der Waals surface area contributed by atoms with Crippen LogP contribution >= 0.6 is 0 Å². The fourth-order valence-electron chi connectivity index (χ4n) is 2.09. The topological polar surface area (TPSA) is 54.1 Å². The number of hydrogen-bond acceptors (Lipinski definition) is 4. The van der Waals surface area contributed by atoms with Gasteiger partial charge >= 0.3 is 0 Å². The highest BCUT2D eigenvalue weighted by molar-refractivity contribution is 4.69. The van der Waals surface area contributed by atoms with Crippen LogP contribution in [0.15, 0.2) is 5.28 Å². The Morgan fingerprint density at radius 1 is 1.39 bits per heavy atom. The van der Waals surface area contributed by atoms with E-state index < -0.39 is 0 Å². The van der Waals surface area contributed by atoms with Gasteiger partial charge in [0.1, 0.15) is 6.10 Å². The van der Waals surface area contributed by atoms with E-state index in [1.165, 1.54) is 0 Å². The van der Waals surface area contributed by atoms with Crippen molar-refractivity contribution in [2.75, 3.05) is 26.7 Å². The fourth-order valence-corrected chi connectivity index (χ4v) is 2.09. The molecule has 0 aliphatic carbocycles. The summed E-state index contributed by atoms with van der Waals surface area (Å²) in [7, 11) is 2.09. The summed E-state index contributed by atoms with van der Waals surface area (Å²) in [6.07, 6.45) is 1.92. The summed E-state index contributed by atoms with van der Waals surface area (Å²) in [5.74, 6) is 0. The van der Waals surface area contributed by atoms with Gasteiger partial charge in [0.15, 0.2) is 0 Å². The number of nitrogens with zero attached hydrogens (tertiary/aromatic N) is 4. The Morgan fingerprint density at radius 2 is 1.94 bits per heavy atom. The van der Waals surface area contributed by atoms with Crippen LogP contribution in [-0.2, 0) is 4.84 Å². The fraction of sp³-hybridized carbons (Fsp3) is 1.00. The number of hydrazine groups is 1. The average molecular weight is 258 g/mol. The minimum absolute atomic E-state index is 0.0660. The van der Waals surface area contributed by atoms with Crippen molar-refractivity contribution in [3.05, 3.63) is 5.21 Å². The van der Waals surface area contributed by atoms with E-state index in [0.29, 0.717) is 11.5 Å². The Balaban J connectivity index is 2.50. The Bertz CT molecular complexity index is 280. The molecule has 1 aliphatic rings. The van der Waals surface area contributed by atoms with E-state index >= 15 is 0 Å². The molecule has 0 aromatic carbocycles.